The van der Waals surface area contributed by atoms with Crippen molar-refractivity contribution < 1.29 is 4.79 Å². The Kier molecular flexibility index (Phi) is 5.90. The standard InChI is InChI=1S/C19H20N4O2S/c1-11(2)14-5-7-15(8-6-14)17(24)21-19(26)22-23-13(4)9-12(3)16(10-20)18(23)25/h5-9,11H,1-4H3,(H2,21,22,24,26). The fourth-order valence-corrected chi connectivity index (χ4v) is 2.67. The minimum Gasteiger partial charge on any atom is -0.298 e. The molecular formula is C19H20N4O2S. The zero-order valence-corrected chi connectivity index (χ0v) is 15.9. The van der Waals surface area contributed by atoms with Gasteiger partial charge in [-0.1, -0.05) is 26.0 Å². The summed E-state index contributed by atoms with van der Waals surface area (Å²) in [6.07, 6.45) is 0. The van der Waals surface area contributed by atoms with E-state index in [4.69, 9.17) is 17.5 Å². The maximum Gasteiger partial charge on any atom is 0.287 e. The zero-order valence-electron chi connectivity index (χ0n) is 15.1. The molecule has 2 aromatic rings. The lowest BCUT2D eigenvalue weighted by molar-refractivity contribution is 0.0977. The summed E-state index contributed by atoms with van der Waals surface area (Å²) in [6, 6.07) is 10.8. The number of carbonyl (C=O) groups is 1. The van der Waals surface area contributed by atoms with Crippen LogP contribution < -0.4 is 16.3 Å². The van der Waals surface area contributed by atoms with Crippen molar-refractivity contribution in [1.82, 2.24) is 9.99 Å². The average Bonchev–Trinajstić information content (AvgIpc) is 2.58. The minimum atomic E-state index is -0.511. The topological polar surface area (TPSA) is 86.9 Å². The highest BCUT2D eigenvalue weighted by Gasteiger charge is 2.13. The number of hydrogen-bond donors (Lipinski definition) is 2. The van der Waals surface area contributed by atoms with Gasteiger partial charge in [0.25, 0.3) is 11.5 Å². The normalized spacial score (nSPS) is 10.3. The van der Waals surface area contributed by atoms with Crippen LogP contribution in [0.25, 0.3) is 0 Å². The van der Waals surface area contributed by atoms with E-state index in [9.17, 15) is 9.59 Å². The summed E-state index contributed by atoms with van der Waals surface area (Å²) in [5, 5.41) is 11.6. The van der Waals surface area contributed by atoms with E-state index in [-0.39, 0.29) is 16.6 Å². The van der Waals surface area contributed by atoms with Gasteiger partial charge in [-0.25, -0.2) is 4.68 Å². The molecule has 1 heterocycles. The molecule has 1 aromatic carbocycles. The first-order valence-electron chi connectivity index (χ1n) is 8.10. The number of aromatic nitrogens is 1. The van der Waals surface area contributed by atoms with Crippen molar-refractivity contribution in [2.24, 2.45) is 0 Å². The molecular weight excluding hydrogens is 348 g/mol. The molecule has 26 heavy (non-hydrogen) atoms. The zero-order chi connectivity index (χ0) is 19.4. The fourth-order valence-electron chi connectivity index (χ4n) is 2.49. The van der Waals surface area contributed by atoms with Gasteiger partial charge in [0.05, 0.1) is 0 Å². The first-order valence-corrected chi connectivity index (χ1v) is 8.51. The Bertz CT molecular complexity index is 953. The number of nitrogens with one attached hydrogen (secondary N) is 2. The van der Waals surface area contributed by atoms with Gasteiger partial charge in [0.1, 0.15) is 11.6 Å². The molecule has 0 saturated heterocycles. The molecule has 0 radical (unpaired) electrons. The fraction of sp³-hybridized carbons (Fsp3) is 0.263. The third kappa shape index (κ3) is 4.16. The van der Waals surface area contributed by atoms with E-state index < -0.39 is 5.56 Å². The van der Waals surface area contributed by atoms with Crippen LogP contribution in [0.15, 0.2) is 35.1 Å². The molecule has 0 spiro atoms. The number of nitrogens with zero attached hydrogens (tertiary/aromatic N) is 2. The minimum absolute atomic E-state index is 0.0270. The number of benzene rings is 1. The van der Waals surface area contributed by atoms with Crippen molar-refractivity contribution >= 4 is 23.2 Å². The Morgan fingerprint density at radius 2 is 1.85 bits per heavy atom. The van der Waals surface area contributed by atoms with E-state index in [1.165, 1.54) is 0 Å². The van der Waals surface area contributed by atoms with Crippen molar-refractivity contribution in [3.05, 3.63) is 68.6 Å². The predicted molar refractivity (Wildman–Crippen MR) is 105 cm³/mol. The Morgan fingerprint density at radius 1 is 1.23 bits per heavy atom. The van der Waals surface area contributed by atoms with E-state index in [2.05, 4.69) is 24.6 Å². The van der Waals surface area contributed by atoms with Crippen molar-refractivity contribution in [2.75, 3.05) is 5.43 Å². The number of nitriles is 1. The highest BCUT2D eigenvalue weighted by molar-refractivity contribution is 7.80. The molecule has 7 heteroatoms. The van der Waals surface area contributed by atoms with Gasteiger partial charge in [0.15, 0.2) is 5.11 Å². The monoisotopic (exact) mass is 368 g/mol. The smallest absolute Gasteiger partial charge is 0.287 e. The third-order valence-corrected chi connectivity index (χ3v) is 4.17. The molecule has 0 bridgehead atoms. The van der Waals surface area contributed by atoms with Crippen LogP contribution in [0.4, 0.5) is 0 Å². The summed E-state index contributed by atoms with van der Waals surface area (Å²) in [4.78, 5) is 24.6. The number of carbonyl (C=O) groups excluding carboxylic acids is 1. The summed E-state index contributed by atoms with van der Waals surface area (Å²) < 4.78 is 1.15. The quantitative estimate of drug-likeness (QED) is 0.814. The van der Waals surface area contributed by atoms with Crippen molar-refractivity contribution in [1.29, 1.82) is 5.26 Å². The number of amides is 1. The molecule has 1 aromatic heterocycles. The second kappa shape index (κ2) is 7.93. The average molecular weight is 368 g/mol. The van der Waals surface area contributed by atoms with Crippen LogP contribution in [0.2, 0.25) is 0 Å². The van der Waals surface area contributed by atoms with E-state index in [0.717, 1.165) is 10.2 Å². The third-order valence-electron chi connectivity index (χ3n) is 3.98. The summed E-state index contributed by atoms with van der Waals surface area (Å²) in [5.41, 5.74) is 4.94. The summed E-state index contributed by atoms with van der Waals surface area (Å²) >= 11 is 5.13. The number of thiocarbonyl (C=S) groups is 1. The Morgan fingerprint density at radius 3 is 2.38 bits per heavy atom. The second-order valence-corrected chi connectivity index (χ2v) is 6.68. The lowest BCUT2D eigenvalue weighted by Gasteiger charge is -2.15. The Balaban J connectivity index is 2.15. The molecule has 0 aliphatic rings. The summed E-state index contributed by atoms with van der Waals surface area (Å²) in [5.74, 6) is -0.00306. The van der Waals surface area contributed by atoms with Gasteiger partial charge in [-0.3, -0.25) is 20.3 Å². The highest BCUT2D eigenvalue weighted by Crippen LogP contribution is 2.14. The molecule has 0 unspecified atom stereocenters. The molecule has 0 aliphatic carbocycles. The predicted octanol–water partition coefficient (Wildman–Crippen LogP) is 2.72. The largest absolute Gasteiger partial charge is 0.298 e. The lowest BCUT2D eigenvalue weighted by atomic mass is 10.0. The van der Waals surface area contributed by atoms with Crippen molar-refractivity contribution in [3.63, 3.8) is 0 Å². The highest BCUT2D eigenvalue weighted by atomic mass is 32.1. The first-order chi connectivity index (χ1) is 12.2. The molecule has 0 atom stereocenters. The number of hydrogen-bond acceptors (Lipinski definition) is 4. The van der Waals surface area contributed by atoms with Crippen LogP contribution in [-0.2, 0) is 0 Å². The van der Waals surface area contributed by atoms with Crippen LogP contribution in [0.3, 0.4) is 0 Å². The SMILES string of the molecule is Cc1cc(C)n(NC(=S)NC(=O)c2ccc(C(C)C)cc2)c(=O)c1C#N. The van der Waals surface area contributed by atoms with Gasteiger partial charge in [-0.15, -0.1) is 0 Å². The molecule has 134 valence electrons. The Hall–Kier alpha value is -2.98. The molecule has 6 nitrogen and oxygen atoms in total. The van der Waals surface area contributed by atoms with Gasteiger partial charge in [0, 0.05) is 11.3 Å². The van der Waals surface area contributed by atoms with Crippen LogP contribution in [0, 0.1) is 25.2 Å². The molecule has 2 N–H and O–H groups in total. The number of pyridine rings is 1. The first kappa shape index (κ1) is 19.3. The lowest BCUT2D eigenvalue weighted by Crippen LogP contribution is -2.43. The van der Waals surface area contributed by atoms with Crippen LogP contribution in [0.1, 0.15) is 52.5 Å². The van der Waals surface area contributed by atoms with Crippen molar-refractivity contribution in [2.45, 2.75) is 33.6 Å². The molecule has 1 amide bonds. The molecule has 0 aliphatic heterocycles. The van der Waals surface area contributed by atoms with E-state index in [1.54, 1.807) is 32.0 Å². The van der Waals surface area contributed by atoms with Gasteiger partial charge in [-0.05, 0) is 61.3 Å². The number of aryl methyl sites for hydroxylation is 2. The molecule has 2 rings (SSSR count). The van der Waals surface area contributed by atoms with Crippen LogP contribution >= 0.6 is 12.2 Å². The van der Waals surface area contributed by atoms with E-state index in [1.807, 2.05) is 18.2 Å². The van der Waals surface area contributed by atoms with Gasteiger partial charge in [-0.2, -0.15) is 5.26 Å². The maximum atomic E-state index is 12.3. The van der Waals surface area contributed by atoms with Crippen LogP contribution in [-0.4, -0.2) is 15.7 Å². The van der Waals surface area contributed by atoms with Gasteiger partial charge < -0.3 is 0 Å². The van der Waals surface area contributed by atoms with Gasteiger partial charge in [0.2, 0.25) is 0 Å². The molecule has 0 saturated carbocycles. The van der Waals surface area contributed by atoms with Crippen LogP contribution in [0.5, 0.6) is 0 Å². The summed E-state index contributed by atoms with van der Waals surface area (Å²) in [6.45, 7) is 7.55. The van der Waals surface area contributed by atoms with Crippen molar-refractivity contribution in [3.8, 4) is 6.07 Å². The summed E-state index contributed by atoms with van der Waals surface area (Å²) in [7, 11) is 0. The second-order valence-electron chi connectivity index (χ2n) is 6.27. The number of rotatable bonds is 3. The Labute approximate surface area is 157 Å². The van der Waals surface area contributed by atoms with Gasteiger partial charge >= 0.3 is 0 Å². The van der Waals surface area contributed by atoms with E-state index >= 15 is 0 Å². The molecule has 0 fully saturated rings. The van der Waals surface area contributed by atoms with E-state index in [0.29, 0.717) is 22.7 Å². The maximum absolute atomic E-state index is 12.3.